The second-order valence-corrected chi connectivity index (χ2v) is 11.5. The molecule has 2 atom stereocenters. The Morgan fingerprint density at radius 3 is 2.42 bits per heavy atom. The van der Waals surface area contributed by atoms with Gasteiger partial charge in [0.2, 0.25) is 15.9 Å². The summed E-state index contributed by atoms with van der Waals surface area (Å²) >= 11 is 0. The number of hydrogen-bond donors (Lipinski definition) is 3. The van der Waals surface area contributed by atoms with Gasteiger partial charge in [0.05, 0.1) is 11.5 Å². The molecule has 1 unspecified atom stereocenters. The van der Waals surface area contributed by atoms with Gasteiger partial charge in [-0.3, -0.25) is 4.79 Å². The number of sulfonamides is 1. The third-order valence-electron chi connectivity index (χ3n) is 6.54. The number of amides is 1. The fourth-order valence-electron chi connectivity index (χ4n) is 4.45. The highest BCUT2D eigenvalue weighted by molar-refractivity contribution is 7.89. The molecule has 2 aromatic rings. The Kier molecular flexibility index (Phi) is 11.0. The molecule has 2 aromatic carbocycles. The van der Waals surface area contributed by atoms with E-state index < -0.39 is 34.0 Å². The molecule has 0 saturated carbocycles. The second kappa shape index (κ2) is 14.2. The van der Waals surface area contributed by atoms with E-state index in [2.05, 4.69) is 5.32 Å². The molecule has 1 aliphatic rings. The van der Waals surface area contributed by atoms with Crippen LogP contribution in [0.2, 0.25) is 0 Å². The van der Waals surface area contributed by atoms with Gasteiger partial charge in [0.1, 0.15) is 12.1 Å². The number of nitrogens with zero attached hydrogens (tertiary/aromatic N) is 1. The Balaban J connectivity index is 1.52. The number of carboxylic acid groups (broad SMARTS) is 1. The van der Waals surface area contributed by atoms with Gasteiger partial charge in [0, 0.05) is 25.3 Å². The molecule has 9 nitrogen and oxygen atoms in total. The molecule has 1 saturated heterocycles. The molecule has 1 fully saturated rings. The molecule has 0 radical (unpaired) electrons. The first-order chi connectivity index (χ1) is 18.2. The molecule has 10 heteroatoms. The van der Waals surface area contributed by atoms with Crippen molar-refractivity contribution >= 4 is 27.6 Å². The van der Waals surface area contributed by atoms with Crippen molar-refractivity contribution in [1.82, 2.24) is 9.62 Å². The van der Waals surface area contributed by atoms with Gasteiger partial charge in [-0.25, -0.2) is 13.2 Å². The molecule has 0 aliphatic carbocycles. The van der Waals surface area contributed by atoms with E-state index in [4.69, 9.17) is 10.1 Å². The van der Waals surface area contributed by atoms with Crippen LogP contribution in [-0.4, -0.2) is 60.7 Å². The first-order valence-electron chi connectivity index (χ1n) is 13.0. The molecule has 0 bridgehead atoms. The van der Waals surface area contributed by atoms with E-state index in [0.29, 0.717) is 31.8 Å². The maximum atomic E-state index is 13.1. The summed E-state index contributed by atoms with van der Waals surface area (Å²) in [6.45, 7) is 3.12. The lowest BCUT2D eigenvalue weighted by Crippen LogP contribution is -2.51. The monoisotopic (exact) mass is 543 g/mol. The van der Waals surface area contributed by atoms with Crippen molar-refractivity contribution in [1.29, 1.82) is 5.41 Å². The standard InChI is InChI=1S/C28H37N3O6S/c1-21(29)9-4-3-7-18-37-20-23-15-13-22(14-16-23)19-25(28(33)34)30-27(32)26-12-8-17-31(26)38(35,36)24-10-5-2-6-11-24/h2,5-6,10-11,13-16,25-26,29H,3-4,7-9,12,17-20H2,1H3,(H,30,32)(H,33,34)/t25?,26-/m0/s1. The minimum atomic E-state index is -3.87. The molecule has 206 valence electrons. The van der Waals surface area contributed by atoms with Gasteiger partial charge in [-0.1, -0.05) is 48.9 Å². The third kappa shape index (κ3) is 8.47. The molecular weight excluding hydrogens is 506 g/mol. The first-order valence-corrected chi connectivity index (χ1v) is 14.4. The normalized spacial score (nSPS) is 16.7. The van der Waals surface area contributed by atoms with Crippen LogP contribution < -0.4 is 5.32 Å². The van der Waals surface area contributed by atoms with Crippen LogP contribution in [0.4, 0.5) is 0 Å². The number of carboxylic acids is 1. The Bertz CT molecular complexity index is 1180. The Morgan fingerprint density at radius 2 is 1.76 bits per heavy atom. The number of unbranched alkanes of at least 4 members (excludes halogenated alkanes) is 2. The fourth-order valence-corrected chi connectivity index (χ4v) is 6.13. The van der Waals surface area contributed by atoms with Crippen LogP contribution in [-0.2, 0) is 37.4 Å². The summed E-state index contributed by atoms with van der Waals surface area (Å²) < 4.78 is 33.0. The highest BCUT2D eigenvalue weighted by Gasteiger charge is 2.40. The molecule has 1 heterocycles. The van der Waals surface area contributed by atoms with Crippen LogP contribution in [0.1, 0.15) is 56.6 Å². The average Bonchev–Trinajstić information content (AvgIpc) is 3.40. The topological polar surface area (TPSA) is 137 Å². The molecule has 0 aromatic heterocycles. The summed E-state index contributed by atoms with van der Waals surface area (Å²) in [5, 5.41) is 19.7. The van der Waals surface area contributed by atoms with Crippen LogP contribution in [0, 0.1) is 5.41 Å². The summed E-state index contributed by atoms with van der Waals surface area (Å²) in [5.41, 5.74) is 2.41. The number of aliphatic carboxylic acids is 1. The van der Waals surface area contributed by atoms with Crippen molar-refractivity contribution in [3.63, 3.8) is 0 Å². The first kappa shape index (κ1) is 29.5. The molecule has 1 aliphatic heterocycles. The lowest BCUT2D eigenvalue weighted by molar-refractivity contribution is -0.142. The number of benzene rings is 2. The molecule has 3 N–H and O–H groups in total. The van der Waals surface area contributed by atoms with Crippen LogP contribution in [0.3, 0.4) is 0 Å². The minimum absolute atomic E-state index is 0.0762. The van der Waals surface area contributed by atoms with Crippen LogP contribution in [0.25, 0.3) is 0 Å². The largest absolute Gasteiger partial charge is 0.480 e. The van der Waals surface area contributed by atoms with E-state index in [0.717, 1.165) is 36.8 Å². The van der Waals surface area contributed by atoms with Gasteiger partial charge in [-0.2, -0.15) is 4.31 Å². The summed E-state index contributed by atoms with van der Waals surface area (Å²) in [7, 11) is -3.87. The number of carbonyl (C=O) groups is 2. The van der Waals surface area contributed by atoms with E-state index in [1.165, 1.54) is 16.4 Å². The average molecular weight is 544 g/mol. The van der Waals surface area contributed by atoms with Crippen molar-refractivity contribution in [2.24, 2.45) is 0 Å². The van der Waals surface area contributed by atoms with Gasteiger partial charge in [-0.05, 0) is 62.3 Å². The number of carbonyl (C=O) groups excluding carboxylic acids is 1. The maximum absolute atomic E-state index is 13.1. The highest BCUT2D eigenvalue weighted by Crippen LogP contribution is 2.26. The Morgan fingerprint density at radius 1 is 1.08 bits per heavy atom. The Labute approximate surface area is 224 Å². The van der Waals surface area contributed by atoms with E-state index in [1.54, 1.807) is 18.2 Å². The molecule has 1 amide bonds. The molecular formula is C28H37N3O6S. The van der Waals surface area contributed by atoms with Crippen molar-refractivity contribution in [3.05, 3.63) is 65.7 Å². The smallest absolute Gasteiger partial charge is 0.326 e. The van der Waals surface area contributed by atoms with Crippen molar-refractivity contribution in [2.45, 2.75) is 75.5 Å². The van der Waals surface area contributed by atoms with Gasteiger partial charge in [-0.15, -0.1) is 0 Å². The van der Waals surface area contributed by atoms with E-state index >= 15 is 0 Å². The van der Waals surface area contributed by atoms with Gasteiger partial charge < -0.3 is 20.6 Å². The van der Waals surface area contributed by atoms with E-state index in [-0.39, 0.29) is 17.9 Å². The maximum Gasteiger partial charge on any atom is 0.326 e. The Hall–Kier alpha value is -3.08. The van der Waals surface area contributed by atoms with Crippen molar-refractivity contribution in [3.8, 4) is 0 Å². The van der Waals surface area contributed by atoms with E-state index in [9.17, 15) is 23.1 Å². The zero-order valence-electron chi connectivity index (χ0n) is 21.8. The highest BCUT2D eigenvalue weighted by atomic mass is 32.2. The molecule has 3 rings (SSSR count). The number of rotatable bonds is 15. The number of hydrogen-bond acceptors (Lipinski definition) is 6. The van der Waals surface area contributed by atoms with Crippen molar-refractivity contribution < 1.29 is 27.9 Å². The van der Waals surface area contributed by atoms with Crippen LogP contribution in [0.15, 0.2) is 59.5 Å². The third-order valence-corrected chi connectivity index (χ3v) is 8.47. The SMILES string of the molecule is CC(=N)CCCCCOCc1ccc(CC(NC(=O)[C@@H]2CCCN2S(=O)(=O)c2ccccc2)C(=O)O)cc1. The number of nitrogens with one attached hydrogen (secondary N) is 2. The molecule has 38 heavy (non-hydrogen) atoms. The fraction of sp³-hybridized carbons (Fsp3) is 0.464. The number of ether oxygens (including phenoxy) is 1. The predicted molar refractivity (Wildman–Crippen MR) is 145 cm³/mol. The van der Waals surface area contributed by atoms with Crippen molar-refractivity contribution in [2.75, 3.05) is 13.2 Å². The zero-order chi connectivity index (χ0) is 27.5. The summed E-state index contributed by atoms with van der Waals surface area (Å²) in [6, 6.07) is 13.2. The van der Waals surface area contributed by atoms with Crippen LogP contribution in [0.5, 0.6) is 0 Å². The lowest BCUT2D eigenvalue weighted by Gasteiger charge is -2.25. The van der Waals surface area contributed by atoms with Gasteiger partial charge >= 0.3 is 5.97 Å². The quantitative estimate of drug-likeness (QED) is 0.231. The van der Waals surface area contributed by atoms with Crippen LogP contribution >= 0.6 is 0 Å². The second-order valence-electron chi connectivity index (χ2n) is 9.65. The van der Waals surface area contributed by atoms with Gasteiger partial charge in [0.15, 0.2) is 0 Å². The minimum Gasteiger partial charge on any atom is -0.480 e. The summed E-state index contributed by atoms with van der Waals surface area (Å²) in [4.78, 5) is 25.1. The zero-order valence-corrected chi connectivity index (χ0v) is 22.6. The predicted octanol–water partition coefficient (Wildman–Crippen LogP) is 3.77. The molecule has 0 spiro atoms. The summed E-state index contributed by atoms with van der Waals surface area (Å²) in [5.74, 6) is -1.78. The summed E-state index contributed by atoms with van der Waals surface area (Å²) in [6.07, 6.45) is 4.72. The van der Waals surface area contributed by atoms with E-state index in [1.807, 2.05) is 31.2 Å². The lowest BCUT2D eigenvalue weighted by atomic mass is 10.0. The van der Waals surface area contributed by atoms with Gasteiger partial charge in [0.25, 0.3) is 0 Å².